The van der Waals surface area contributed by atoms with E-state index >= 15 is 0 Å². The van der Waals surface area contributed by atoms with Crippen LogP contribution in [-0.4, -0.2) is 9.78 Å². The summed E-state index contributed by atoms with van der Waals surface area (Å²) >= 11 is 1.27. The smallest absolute Gasteiger partial charge is 0.396 e. The molecule has 3 aromatic rings. The van der Waals surface area contributed by atoms with Crippen LogP contribution in [0.1, 0.15) is 5.56 Å². The fraction of sp³-hybridized carbons (Fsp3) is 0.154. The van der Waals surface area contributed by atoms with Gasteiger partial charge in [0.15, 0.2) is 0 Å². The molecule has 3 rings (SSSR count). The summed E-state index contributed by atoms with van der Waals surface area (Å²) in [4.78, 5) is 0.803. The molecule has 0 fully saturated rings. The number of aromatic nitrogens is 2. The molecule has 2 aromatic heterocycles. The third-order valence-electron chi connectivity index (χ3n) is 3.05. The second-order valence-corrected chi connectivity index (χ2v) is 5.52. The number of anilines is 1. The molecule has 0 bridgehead atoms. The van der Waals surface area contributed by atoms with Gasteiger partial charge in [0.2, 0.25) is 0 Å². The van der Waals surface area contributed by atoms with Gasteiger partial charge in [0, 0.05) is 11.7 Å². The first kappa shape index (κ1) is 13.0. The first-order valence-electron chi connectivity index (χ1n) is 5.75. The molecule has 104 valence electrons. The number of halogens is 3. The second-order valence-electron chi connectivity index (χ2n) is 4.43. The zero-order valence-corrected chi connectivity index (χ0v) is 11.2. The van der Waals surface area contributed by atoms with Crippen LogP contribution in [0.25, 0.3) is 20.7 Å². The fourth-order valence-electron chi connectivity index (χ4n) is 2.08. The minimum Gasteiger partial charge on any atom is -0.396 e. The van der Waals surface area contributed by atoms with E-state index in [9.17, 15) is 13.2 Å². The molecular weight excluding hydrogens is 287 g/mol. The van der Waals surface area contributed by atoms with E-state index in [1.807, 2.05) is 6.07 Å². The highest BCUT2D eigenvalue weighted by Gasteiger charge is 2.30. The van der Waals surface area contributed by atoms with Crippen molar-refractivity contribution in [2.75, 3.05) is 5.73 Å². The summed E-state index contributed by atoms with van der Waals surface area (Å²) in [6, 6.07) is 5.56. The predicted molar refractivity (Wildman–Crippen MR) is 73.4 cm³/mol. The molecule has 0 aliphatic heterocycles. The predicted octanol–water partition coefficient (Wildman–Crippen LogP) is 3.90. The number of hydrogen-bond acceptors (Lipinski definition) is 3. The number of fused-ring (bicyclic) bond motifs is 1. The van der Waals surface area contributed by atoms with Crippen molar-refractivity contribution in [3.05, 3.63) is 36.0 Å². The Morgan fingerprint density at radius 1 is 1.25 bits per heavy atom. The molecule has 3 nitrogen and oxygen atoms in total. The summed E-state index contributed by atoms with van der Waals surface area (Å²) in [5, 5.41) is 4.80. The van der Waals surface area contributed by atoms with Crippen molar-refractivity contribution in [1.82, 2.24) is 9.78 Å². The lowest BCUT2D eigenvalue weighted by Gasteiger charge is -2.05. The van der Waals surface area contributed by atoms with Crippen molar-refractivity contribution in [2.24, 2.45) is 7.05 Å². The summed E-state index contributed by atoms with van der Waals surface area (Å²) in [5.74, 6) is 0. The Hall–Kier alpha value is -2.02. The van der Waals surface area contributed by atoms with Crippen LogP contribution in [0.2, 0.25) is 0 Å². The van der Waals surface area contributed by atoms with Crippen LogP contribution >= 0.6 is 11.3 Å². The highest BCUT2D eigenvalue weighted by atomic mass is 32.1. The molecule has 0 aliphatic carbocycles. The van der Waals surface area contributed by atoms with Gasteiger partial charge in [-0.25, -0.2) is 0 Å². The van der Waals surface area contributed by atoms with Gasteiger partial charge in [0.25, 0.3) is 0 Å². The standard InChI is InChI=1S/C13H10F3N3S/c1-19-12(9(17)6-18-19)11-4-7-2-3-8(13(14,15)16)5-10(7)20-11/h2-6H,17H2,1H3. The zero-order valence-electron chi connectivity index (χ0n) is 10.4. The third-order valence-corrected chi connectivity index (χ3v) is 4.15. The van der Waals surface area contributed by atoms with Crippen molar-refractivity contribution >= 4 is 27.1 Å². The van der Waals surface area contributed by atoms with Gasteiger partial charge in [-0.15, -0.1) is 11.3 Å². The van der Waals surface area contributed by atoms with Gasteiger partial charge in [-0.1, -0.05) is 6.07 Å². The number of rotatable bonds is 1. The first-order chi connectivity index (χ1) is 9.36. The number of nitrogens with zero attached hydrogens (tertiary/aromatic N) is 2. The number of nitrogen functional groups attached to an aromatic ring is 1. The van der Waals surface area contributed by atoms with Crippen LogP contribution in [0, 0.1) is 0 Å². The molecule has 2 N–H and O–H groups in total. The van der Waals surface area contributed by atoms with Gasteiger partial charge in [0.1, 0.15) is 5.69 Å². The Kier molecular flexibility index (Phi) is 2.75. The highest BCUT2D eigenvalue weighted by molar-refractivity contribution is 7.22. The molecule has 0 amide bonds. The number of aryl methyl sites for hydroxylation is 1. The van der Waals surface area contributed by atoms with Gasteiger partial charge in [-0.2, -0.15) is 18.3 Å². The van der Waals surface area contributed by atoms with Crippen LogP contribution < -0.4 is 5.73 Å². The molecule has 0 saturated carbocycles. The monoisotopic (exact) mass is 297 g/mol. The number of hydrogen-bond donors (Lipinski definition) is 1. The molecule has 0 unspecified atom stereocenters. The molecule has 0 saturated heterocycles. The van der Waals surface area contributed by atoms with Crippen LogP contribution in [0.4, 0.5) is 18.9 Å². The van der Waals surface area contributed by atoms with E-state index in [-0.39, 0.29) is 0 Å². The number of alkyl halides is 3. The molecule has 20 heavy (non-hydrogen) atoms. The number of nitrogens with two attached hydrogens (primary N) is 1. The molecule has 0 radical (unpaired) electrons. The van der Waals surface area contributed by atoms with Crippen molar-refractivity contribution in [1.29, 1.82) is 0 Å². The summed E-state index contributed by atoms with van der Waals surface area (Å²) in [6.45, 7) is 0. The number of benzene rings is 1. The van der Waals surface area contributed by atoms with E-state index in [4.69, 9.17) is 5.73 Å². The van der Waals surface area contributed by atoms with Crippen molar-refractivity contribution in [3.63, 3.8) is 0 Å². The van der Waals surface area contributed by atoms with Crippen LogP contribution in [0.3, 0.4) is 0 Å². The highest BCUT2D eigenvalue weighted by Crippen LogP contribution is 2.38. The van der Waals surface area contributed by atoms with Crippen LogP contribution in [-0.2, 0) is 13.2 Å². The summed E-state index contributed by atoms with van der Waals surface area (Å²) in [6.07, 6.45) is -2.80. The number of thiophene rings is 1. The molecule has 0 atom stereocenters. The lowest BCUT2D eigenvalue weighted by molar-refractivity contribution is -0.137. The molecular formula is C13H10F3N3S. The Morgan fingerprint density at radius 2 is 2.00 bits per heavy atom. The molecule has 2 heterocycles. The van der Waals surface area contributed by atoms with Gasteiger partial charge >= 0.3 is 6.18 Å². The van der Waals surface area contributed by atoms with Gasteiger partial charge < -0.3 is 5.73 Å². The zero-order chi connectivity index (χ0) is 14.5. The summed E-state index contributed by atoms with van der Waals surface area (Å²) < 4.78 is 40.3. The van der Waals surface area contributed by atoms with Crippen LogP contribution in [0.15, 0.2) is 30.5 Å². The van der Waals surface area contributed by atoms with Gasteiger partial charge in [0.05, 0.1) is 22.3 Å². The van der Waals surface area contributed by atoms with Gasteiger partial charge in [-0.3, -0.25) is 4.68 Å². The maximum absolute atomic E-state index is 12.7. The second kappa shape index (κ2) is 4.24. The fourth-order valence-corrected chi connectivity index (χ4v) is 3.28. The first-order valence-corrected chi connectivity index (χ1v) is 6.56. The minimum atomic E-state index is -4.33. The van der Waals surface area contributed by atoms with Crippen LogP contribution in [0.5, 0.6) is 0 Å². The average molecular weight is 297 g/mol. The van der Waals surface area contributed by atoms with E-state index in [0.717, 1.165) is 28.1 Å². The quantitative estimate of drug-likeness (QED) is 0.740. The minimum absolute atomic E-state index is 0.509. The Balaban J connectivity index is 2.17. The van der Waals surface area contributed by atoms with Crippen molar-refractivity contribution < 1.29 is 13.2 Å². The van der Waals surface area contributed by atoms with Crippen molar-refractivity contribution in [2.45, 2.75) is 6.18 Å². The molecule has 0 aliphatic rings. The molecule has 0 spiro atoms. The normalized spacial score (nSPS) is 12.2. The van der Waals surface area contributed by atoms with E-state index in [1.165, 1.54) is 23.6 Å². The van der Waals surface area contributed by atoms with E-state index < -0.39 is 11.7 Å². The topological polar surface area (TPSA) is 43.8 Å². The Labute approximate surface area is 116 Å². The Bertz CT molecular complexity index is 766. The lowest BCUT2D eigenvalue weighted by atomic mass is 10.1. The van der Waals surface area contributed by atoms with Gasteiger partial charge in [-0.05, 0) is 23.6 Å². The molecule has 7 heteroatoms. The third kappa shape index (κ3) is 2.03. The summed E-state index contributed by atoms with van der Waals surface area (Å²) in [5.41, 5.74) is 6.43. The molecule has 1 aromatic carbocycles. The van der Waals surface area contributed by atoms with E-state index in [0.29, 0.717) is 10.4 Å². The Morgan fingerprint density at radius 3 is 2.60 bits per heavy atom. The van der Waals surface area contributed by atoms with E-state index in [1.54, 1.807) is 11.7 Å². The maximum atomic E-state index is 12.7. The maximum Gasteiger partial charge on any atom is 0.416 e. The SMILES string of the molecule is Cn1ncc(N)c1-c1cc2ccc(C(F)(F)F)cc2s1. The lowest BCUT2D eigenvalue weighted by Crippen LogP contribution is -2.03. The van der Waals surface area contributed by atoms with E-state index in [2.05, 4.69) is 5.10 Å². The largest absolute Gasteiger partial charge is 0.416 e. The summed E-state index contributed by atoms with van der Waals surface area (Å²) in [7, 11) is 1.75. The average Bonchev–Trinajstić information content (AvgIpc) is 2.90. The van der Waals surface area contributed by atoms with Crippen molar-refractivity contribution in [3.8, 4) is 10.6 Å².